The minimum atomic E-state index is -0.629. The second-order valence-corrected chi connectivity index (χ2v) is 8.81. The van der Waals surface area contributed by atoms with E-state index in [0.29, 0.717) is 24.5 Å². The monoisotopic (exact) mass is 469 g/mol. The standard InChI is InChI=1S/C24H28FN5O4/c1-28-22-14(11-30(24(28)32)19-8-17(33-2)9-20(34-3)21(19)25)10-26-23-18(22)7-15(27-23)12-29-6-4-5-16(31)13-29/h7-10,16,31H,4-6,11-13H2,1-3H3,(H,26,27). The van der Waals surface area contributed by atoms with Gasteiger partial charge < -0.3 is 19.6 Å². The largest absolute Gasteiger partial charge is 0.497 e. The van der Waals surface area contributed by atoms with Crippen LogP contribution >= 0.6 is 0 Å². The first-order valence-electron chi connectivity index (χ1n) is 11.3. The zero-order chi connectivity index (χ0) is 24.0. The van der Waals surface area contributed by atoms with Crippen LogP contribution in [0.25, 0.3) is 11.0 Å². The fraction of sp³-hybridized carbons (Fsp3) is 0.417. The summed E-state index contributed by atoms with van der Waals surface area (Å²) in [6.45, 7) is 2.40. The van der Waals surface area contributed by atoms with Crippen LogP contribution in [-0.2, 0) is 13.1 Å². The first-order chi connectivity index (χ1) is 16.4. The van der Waals surface area contributed by atoms with E-state index in [1.54, 1.807) is 13.2 Å². The Morgan fingerprint density at radius 2 is 2.09 bits per heavy atom. The van der Waals surface area contributed by atoms with Crippen molar-refractivity contribution in [2.45, 2.75) is 32.0 Å². The number of fused-ring (bicyclic) bond motifs is 3. The Bertz CT molecular complexity index is 1250. The third-order valence-electron chi connectivity index (χ3n) is 6.56. The van der Waals surface area contributed by atoms with E-state index < -0.39 is 5.82 Å². The summed E-state index contributed by atoms with van der Waals surface area (Å²) in [4.78, 5) is 26.4. The number of ether oxygens (including phenoxy) is 2. The Morgan fingerprint density at radius 1 is 1.26 bits per heavy atom. The van der Waals surface area contributed by atoms with E-state index in [4.69, 9.17) is 9.47 Å². The number of aliphatic hydroxyl groups excluding tert-OH is 1. The summed E-state index contributed by atoms with van der Waals surface area (Å²) in [6, 6.07) is 4.58. The van der Waals surface area contributed by atoms with E-state index in [9.17, 15) is 9.90 Å². The highest BCUT2D eigenvalue weighted by molar-refractivity contribution is 6.11. The van der Waals surface area contributed by atoms with E-state index in [0.717, 1.165) is 41.7 Å². The Balaban J connectivity index is 1.50. The van der Waals surface area contributed by atoms with Gasteiger partial charge in [-0.05, 0) is 25.5 Å². The van der Waals surface area contributed by atoms with Crippen LogP contribution in [0.4, 0.5) is 20.6 Å². The number of anilines is 2. The van der Waals surface area contributed by atoms with Crippen molar-refractivity contribution in [3.8, 4) is 11.5 Å². The number of aromatic nitrogens is 2. The third kappa shape index (κ3) is 3.82. The Kier molecular flexibility index (Phi) is 5.78. The van der Waals surface area contributed by atoms with Crippen LogP contribution in [0.1, 0.15) is 24.1 Å². The molecule has 5 rings (SSSR count). The second-order valence-electron chi connectivity index (χ2n) is 8.81. The molecular formula is C24H28FN5O4. The predicted octanol–water partition coefficient (Wildman–Crippen LogP) is 3.25. The fourth-order valence-electron chi connectivity index (χ4n) is 4.89. The highest BCUT2D eigenvalue weighted by Crippen LogP contribution is 2.40. The van der Waals surface area contributed by atoms with Crippen molar-refractivity contribution in [1.82, 2.24) is 14.9 Å². The molecule has 1 saturated heterocycles. The van der Waals surface area contributed by atoms with Gasteiger partial charge in [0.15, 0.2) is 11.6 Å². The lowest BCUT2D eigenvalue weighted by atomic mass is 10.1. The lowest BCUT2D eigenvalue weighted by Crippen LogP contribution is -2.45. The van der Waals surface area contributed by atoms with Crippen LogP contribution < -0.4 is 19.3 Å². The smallest absolute Gasteiger partial charge is 0.329 e. The predicted molar refractivity (Wildman–Crippen MR) is 126 cm³/mol. The number of amides is 2. The number of rotatable bonds is 5. The summed E-state index contributed by atoms with van der Waals surface area (Å²) in [5.74, 6) is -0.237. The van der Waals surface area contributed by atoms with Gasteiger partial charge in [-0.2, -0.15) is 0 Å². The van der Waals surface area contributed by atoms with Gasteiger partial charge in [0.2, 0.25) is 0 Å². The second kappa shape index (κ2) is 8.77. The number of methoxy groups -OCH3 is 2. The SMILES string of the molecule is COc1cc(OC)c(F)c(N2Cc3cnc4[nH]c(CN5CCCC(O)C5)cc4c3N(C)C2=O)c1. The number of H-pyrrole nitrogens is 1. The van der Waals surface area contributed by atoms with Crippen LogP contribution in [0.5, 0.6) is 11.5 Å². The molecule has 1 unspecified atom stereocenters. The molecule has 9 nitrogen and oxygen atoms in total. The van der Waals surface area contributed by atoms with Crippen LogP contribution in [-0.4, -0.2) is 66.5 Å². The molecule has 4 heterocycles. The fourth-order valence-corrected chi connectivity index (χ4v) is 4.89. The average molecular weight is 470 g/mol. The maximum atomic E-state index is 15.1. The van der Waals surface area contributed by atoms with Crippen molar-refractivity contribution in [3.63, 3.8) is 0 Å². The Morgan fingerprint density at radius 3 is 2.82 bits per heavy atom. The number of piperidine rings is 1. The third-order valence-corrected chi connectivity index (χ3v) is 6.56. The summed E-state index contributed by atoms with van der Waals surface area (Å²) in [7, 11) is 4.52. The molecule has 1 aromatic carbocycles. The highest BCUT2D eigenvalue weighted by Gasteiger charge is 2.34. The quantitative estimate of drug-likeness (QED) is 0.596. The molecule has 10 heteroatoms. The zero-order valence-electron chi connectivity index (χ0n) is 19.5. The van der Waals surface area contributed by atoms with Gasteiger partial charge in [-0.3, -0.25) is 14.7 Å². The van der Waals surface area contributed by atoms with Gasteiger partial charge in [0.25, 0.3) is 0 Å². The number of β-amino-alcohol motifs (C(OH)–C–C–N with tert-alkyl or cyclic N) is 1. The number of urea groups is 1. The molecule has 0 radical (unpaired) electrons. The number of nitrogens with one attached hydrogen (secondary N) is 1. The Labute approximate surface area is 196 Å². The van der Waals surface area contributed by atoms with E-state index >= 15 is 4.39 Å². The number of nitrogens with zero attached hydrogens (tertiary/aromatic N) is 4. The number of carbonyl (C=O) groups is 1. The lowest BCUT2D eigenvalue weighted by molar-refractivity contribution is 0.0663. The van der Waals surface area contributed by atoms with Crippen molar-refractivity contribution in [2.75, 3.05) is 44.2 Å². The number of pyridine rings is 1. The van der Waals surface area contributed by atoms with Gasteiger partial charge in [-0.15, -0.1) is 0 Å². The summed E-state index contributed by atoms with van der Waals surface area (Å²) in [5, 5.41) is 10.8. The summed E-state index contributed by atoms with van der Waals surface area (Å²) >= 11 is 0. The van der Waals surface area contributed by atoms with Gasteiger partial charge in [-0.25, -0.2) is 14.2 Å². The van der Waals surface area contributed by atoms with E-state index in [1.165, 1.54) is 36.2 Å². The van der Waals surface area contributed by atoms with Gasteiger partial charge >= 0.3 is 6.03 Å². The Hall–Kier alpha value is -3.37. The van der Waals surface area contributed by atoms with Crippen molar-refractivity contribution >= 4 is 28.4 Å². The minimum absolute atomic E-state index is 0.00212. The number of hydrogen-bond acceptors (Lipinski definition) is 6. The summed E-state index contributed by atoms with van der Waals surface area (Å²) in [5.41, 5.74) is 3.29. The van der Waals surface area contributed by atoms with Gasteiger partial charge in [0, 0.05) is 55.1 Å². The maximum absolute atomic E-state index is 15.1. The normalized spacial score (nSPS) is 19.0. The molecule has 180 valence electrons. The number of halogens is 1. The van der Waals surface area contributed by atoms with Crippen molar-refractivity contribution < 1.29 is 23.8 Å². The molecule has 0 spiro atoms. The van der Waals surface area contributed by atoms with Gasteiger partial charge in [0.1, 0.15) is 11.4 Å². The molecular weight excluding hydrogens is 441 g/mol. The first-order valence-corrected chi connectivity index (χ1v) is 11.3. The first kappa shape index (κ1) is 22.4. The highest BCUT2D eigenvalue weighted by atomic mass is 19.1. The number of aromatic amines is 1. The van der Waals surface area contributed by atoms with Gasteiger partial charge in [0.05, 0.1) is 38.2 Å². The number of aliphatic hydroxyl groups is 1. The zero-order valence-corrected chi connectivity index (χ0v) is 19.5. The van der Waals surface area contributed by atoms with Crippen LogP contribution in [0.15, 0.2) is 24.4 Å². The number of carbonyl (C=O) groups excluding carboxylic acids is 1. The van der Waals surface area contributed by atoms with E-state index in [-0.39, 0.29) is 30.1 Å². The van der Waals surface area contributed by atoms with Crippen LogP contribution in [0.3, 0.4) is 0 Å². The number of benzene rings is 1. The maximum Gasteiger partial charge on any atom is 0.329 e. The molecule has 34 heavy (non-hydrogen) atoms. The van der Waals surface area contributed by atoms with Crippen molar-refractivity contribution in [1.29, 1.82) is 0 Å². The molecule has 2 aromatic heterocycles. The molecule has 2 aliphatic rings. The molecule has 2 aliphatic heterocycles. The molecule has 2 amide bonds. The van der Waals surface area contributed by atoms with Crippen molar-refractivity contribution in [3.05, 3.63) is 41.5 Å². The van der Waals surface area contributed by atoms with E-state index in [1.807, 2.05) is 6.07 Å². The number of hydrogen-bond donors (Lipinski definition) is 2. The molecule has 0 aliphatic carbocycles. The average Bonchev–Trinajstić information content (AvgIpc) is 3.23. The van der Waals surface area contributed by atoms with Crippen LogP contribution in [0.2, 0.25) is 0 Å². The topological polar surface area (TPSA) is 94.2 Å². The van der Waals surface area contributed by atoms with E-state index in [2.05, 4.69) is 14.9 Å². The lowest BCUT2D eigenvalue weighted by Gasteiger charge is -2.35. The molecule has 0 bridgehead atoms. The molecule has 2 N–H and O–H groups in total. The molecule has 1 atom stereocenters. The van der Waals surface area contributed by atoms with Crippen molar-refractivity contribution in [2.24, 2.45) is 0 Å². The van der Waals surface area contributed by atoms with Gasteiger partial charge in [-0.1, -0.05) is 0 Å². The molecule has 0 saturated carbocycles. The number of likely N-dealkylation sites (tertiary alicyclic amines) is 1. The minimum Gasteiger partial charge on any atom is -0.497 e. The molecule has 1 fully saturated rings. The van der Waals surface area contributed by atoms with Crippen LogP contribution in [0, 0.1) is 5.82 Å². The summed E-state index contributed by atoms with van der Waals surface area (Å²) in [6.07, 6.45) is 3.22. The summed E-state index contributed by atoms with van der Waals surface area (Å²) < 4.78 is 25.5. The molecule has 3 aromatic rings.